The molecule has 21 heavy (non-hydrogen) atoms. The van der Waals surface area contributed by atoms with E-state index in [1.807, 2.05) is 18.2 Å². The monoisotopic (exact) mass is 290 g/mol. The van der Waals surface area contributed by atoms with Gasteiger partial charge in [0.1, 0.15) is 0 Å². The van der Waals surface area contributed by atoms with Gasteiger partial charge in [-0.1, -0.05) is 31.2 Å². The molecule has 0 bridgehead atoms. The summed E-state index contributed by atoms with van der Waals surface area (Å²) in [4.78, 5) is 16.5. The second-order valence-electron chi connectivity index (χ2n) is 5.73. The minimum Gasteiger partial charge on any atom is -0.298 e. The third-order valence-corrected chi connectivity index (χ3v) is 4.28. The molecule has 1 aromatic rings. The SMILES string of the molecule is CCN1CCN(Cc2ccccc2CC(=O)NN)CC1C. The Kier molecular flexibility index (Phi) is 5.73. The highest BCUT2D eigenvalue weighted by Crippen LogP contribution is 2.16. The Labute approximate surface area is 127 Å². The second-order valence-corrected chi connectivity index (χ2v) is 5.73. The molecule has 1 aromatic carbocycles. The minimum atomic E-state index is -0.147. The molecule has 0 aliphatic carbocycles. The average Bonchev–Trinajstić information content (AvgIpc) is 2.49. The van der Waals surface area contributed by atoms with E-state index < -0.39 is 0 Å². The van der Waals surface area contributed by atoms with E-state index in [1.54, 1.807) is 0 Å². The van der Waals surface area contributed by atoms with E-state index >= 15 is 0 Å². The van der Waals surface area contributed by atoms with Gasteiger partial charge in [0.15, 0.2) is 0 Å². The summed E-state index contributed by atoms with van der Waals surface area (Å²) in [5, 5.41) is 0. The number of benzene rings is 1. The Morgan fingerprint density at radius 2 is 2.05 bits per heavy atom. The van der Waals surface area contributed by atoms with Crippen LogP contribution in [-0.2, 0) is 17.8 Å². The van der Waals surface area contributed by atoms with Crippen LogP contribution in [0.5, 0.6) is 0 Å². The van der Waals surface area contributed by atoms with Gasteiger partial charge in [-0.3, -0.25) is 20.0 Å². The highest BCUT2D eigenvalue weighted by Gasteiger charge is 2.22. The molecule has 5 heteroatoms. The first-order valence-corrected chi connectivity index (χ1v) is 7.66. The maximum atomic E-state index is 11.5. The first-order valence-electron chi connectivity index (χ1n) is 7.66. The fourth-order valence-corrected chi connectivity index (χ4v) is 3.03. The van der Waals surface area contributed by atoms with E-state index in [-0.39, 0.29) is 5.91 Å². The zero-order valence-corrected chi connectivity index (χ0v) is 13.0. The molecule has 5 nitrogen and oxygen atoms in total. The normalized spacial score (nSPS) is 20.4. The Balaban J connectivity index is 2.01. The van der Waals surface area contributed by atoms with Crippen LogP contribution in [0.2, 0.25) is 0 Å². The lowest BCUT2D eigenvalue weighted by Gasteiger charge is -2.39. The average molecular weight is 290 g/mol. The molecule has 1 fully saturated rings. The van der Waals surface area contributed by atoms with Crippen LogP contribution in [0.3, 0.4) is 0 Å². The number of rotatable bonds is 5. The third kappa shape index (κ3) is 4.27. The summed E-state index contributed by atoms with van der Waals surface area (Å²) in [6, 6.07) is 8.71. The lowest BCUT2D eigenvalue weighted by molar-refractivity contribution is -0.120. The van der Waals surface area contributed by atoms with Crippen molar-refractivity contribution >= 4 is 5.91 Å². The van der Waals surface area contributed by atoms with E-state index in [0.29, 0.717) is 12.5 Å². The highest BCUT2D eigenvalue weighted by atomic mass is 16.2. The Morgan fingerprint density at radius 1 is 1.33 bits per heavy atom. The number of likely N-dealkylation sites (N-methyl/N-ethyl adjacent to an activating group) is 1. The summed E-state index contributed by atoms with van der Waals surface area (Å²) in [6.45, 7) is 9.78. The number of hydrogen-bond donors (Lipinski definition) is 2. The van der Waals surface area contributed by atoms with Gasteiger partial charge in [-0.05, 0) is 24.6 Å². The van der Waals surface area contributed by atoms with Crippen molar-refractivity contribution in [2.75, 3.05) is 26.2 Å². The molecule has 0 radical (unpaired) electrons. The molecule has 1 atom stereocenters. The number of nitrogens with one attached hydrogen (secondary N) is 1. The number of amides is 1. The number of nitrogens with zero attached hydrogens (tertiary/aromatic N) is 2. The van der Waals surface area contributed by atoms with Crippen molar-refractivity contribution in [3.8, 4) is 0 Å². The summed E-state index contributed by atoms with van der Waals surface area (Å²) >= 11 is 0. The number of carbonyl (C=O) groups excluding carboxylic acids is 1. The van der Waals surface area contributed by atoms with Gasteiger partial charge in [0, 0.05) is 32.2 Å². The number of hydrogen-bond acceptors (Lipinski definition) is 4. The number of hydrazine groups is 1. The zero-order valence-electron chi connectivity index (χ0n) is 13.0. The zero-order chi connectivity index (χ0) is 15.2. The van der Waals surface area contributed by atoms with Crippen molar-refractivity contribution < 1.29 is 4.79 Å². The first-order chi connectivity index (χ1) is 10.1. The van der Waals surface area contributed by atoms with Crippen LogP contribution < -0.4 is 11.3 Å². The van der Waals surface area contributed by atoms with E-state index in [4.69, 9.17) is 5.84 Å². The largest absolute Gasteiger partial charge is 0.298 e. The minimum absolute atomic E-state index is 0.147. The molecule has 1 amide bonds. The summed E-state index contributed by atoms with van der Waals surface area (Å²) < 4.78 is 0. The van der Waals surface area contributed by atoms with Gasteiger partial charge in [0.2, 0.25) is 5.91 Å². The summed E-state index contributed by atoms with van der Waals surface area (Å²) in [6.07, 6.45) is 0.344. The van der Waals surface area contributed by atoms with Gasteiger partial charge in [0.25, 0.3) is 0 Å². The highest BCUT2D eigenvalue weighted by molar-refractivity contribution is 5.78. The maximum absolute atomic E-state index is 11.5. The molecule has 1 saturated heterocycles. The van der Waals surface area contributed by atoms with Gasteiger partial charge in [0.05, 0.1) is 6.42 Å². The molecule has 1 aliphatic heterocycles. The number of nitrogens with two attached hydrogens (primary N) is 1. The molecule has 1 unspecified atom stereocenters. The van der Waals surface area contributed by atoms with Crippen molar-refractivity contribution in [3.63, 3.8) is 0 Å². The molecule has 2 rings (SSSR count). The lowest BCUT2D eigenvalue weighted by Crippen LogP contribution is -2.51. The van der Waals surface area contributed by atoms with Crippen molar-refractivity contribution in [3.05, 3.63) is 35.4 Å². The molecule has 116 valence electrons. The first kappa shape index (κ1) is 15.9. The van der Waals surface area contributed by atoms with Crippen LogP contribution in [0, 0.1) is 0 Å². The molecule has 1 aliphatic rings. The Bertz CT molecular complexity index is 477. The van der Waals surface area contributed by atoms with Crippen molar-refractivity contribution in [1.29, 1.82) is 0 Å². The van der Waals surface area contributed by atoms with Gasteiger partial charge in [-0.15, -0.1) is 0 Å². The van der Waals surface area contributed by atoms with Gasteiger partial charge >= 0.3 is 0 Å². The van der Waals surface area contributed by atoms with E-state index in [1.165, 1.54) is 5.56 Å². The smallest absolute Gasteiger partial charge is 0.238 e. The van der Waals surface area contributed by atoms with Gasteiger partial charge in [-0.2, -0.15) is 0 Å². The fraction of sp³-hybridized carbons (Fsp3) is 0.562. The van der Waals surface area contributed by atoms with Crippen LogP contribution >= 0.6 is 0 Å². The molecule has 1 heterocycles. The van der Waals surface area contributed by atoms with E-state index in [2.05, 4.69) is 35.1 Å². The number of carbonyl (C=O) groups is 1. The van der Waals surface area contributed by atoms with Gasteiger partial charge < -0.3 is 0 Å². The van der Waals surface area contributed by atoms with Crippen LogP contribution in [0.1, 0.15) is 25.0 Å². The van der Waals surface area contributed by atoms with Crippen molar-refractivity contribution in [2.24, 2.45) is 5.84 Å². The second kappa shape index (κ2) is 7.54. The summed E-state index contributed by atoms with van der Waals surface area (Å²) in [5.41, 5.74) is 4.49. The standard InChI is InChI=1S/C16H26N4O/c1-3-20-9-8-19(11-13(20)2)12-15-7-5-4-6-14(15)10-16(21)18-17/h4-7,13H,3,8-12,17H2,1-2H3,(H,18,21). The quantitative estimate of drug-likeness (QED) is 0.477. The summed E-state index contributed by atoms with van der Waals surface area (Å²) in [7, 11) is 0. The van der Waals surface area contributed by atoms with Gasteiger partial charge in [-0.25, -0.2) is 5.84 Å². The maximum Gasteiger partial charge on any atom is 0.238 e. The molecular formula is C16H26N4O. The van der Waals surface area contributed by atoms with Crippen molar-refractivity contribution in [1.82, 2.24) is 15.2 Å². The third-order valence-electron chi connectivity index (χ3n) is 4.28. The Morgan fingerprint density at radius 3 is 2.67 bits per heavy atom. The molecule has 0 saturated carbocycles. The predicted molar refractivity (Wildman–Crippen MR) is 84.5 cm³/mol. The topological polar surface area (TPSA) is 61.6 Å². The molecule has 3 N–H and O–H groups in total. The van der Waals surface area contributed by atoms with E-state index in [0.717, 1.165) is 38.3 Å². The van der Waals surface area contributed by atoms with Crippen LogP contribution in [0.15, 0.2) is 24.3 Å². The lowest BCUT2D eigenvalue weighted by atomic mass is 10.0. The summed E-state index contributed by atoms with van der Waals surface area (Å²) in [5.74, 6) is 5.04. The van der Waals surface area contributed by atoms with E-state index in [9.17, 15) is 4.79 Å². The molecule has 0 spiro atoms. The molecule has 0 aromatic heterocycles. The predicted octanol–water partition coefficient (Wildman–Crippen LogP) is 0.745. The fourth-order valence-electron chi connectivity index (χ4n) is 3.03. The van der Waals surface area contributed by atoms with Crippen molar-refractivity contribution in [2.45, 2.75) is 32.9 Å². The Hall–Kier alpha value is -1.43. The van der Waals surface area contributed by atoms with Crippen LogP contribution in [0.25, 0.3) is 0 Å². The van der Waals surface area contributed by atoms with Crippen LogP contribution in [0.4, 0.5) is 0 Å². The molecular weight excluding hydrogens is 264 g/mol. The number of piperazine rings is 1. The van der Waals surface area contributed by atoms with Crippen LogP contribution in [-0.4, -0.2) is 47.9 Å².